The van der Waals surface area contributed by atoms with Gasteiger partial charge in [-0.05, 0) is 45.8 Å². The normalized spacial score (nSPS) is 11.9. The van der Waals surface area contributed by atoms with Crippen molar-refractivity contribution in [2.45, 2.75) is 0 Å². The van der Waals surface area contributed by atoms with Crippen LogP contribution >= 0.6 is 11.6 Å². The molecule has 0 aliphatic rings. The quantitative estimate of drug-likeness (QED) is 0.296. The highest BCUT2D eigenvalue weighted by Crippen LogP contribution is 2.37. The molecule has 0 aliphatic carbocycles. The summed E-state index contributed by atoms with van der Waals surface area (Å²) in [5.74, 6) is 0. The van der Waals surface area contributed by atoms with Crippen LogP contribution in [-0.2, 0) is 0 Å². The van der Waals surface area contributed by atoms with Gasteiger partial charge in [0.05, 0.1) is 0 Å². The highest BCUT2D eigenvalue weighted by Gasteiger charge is 2.12. The van der Waals surface area contributed by atoms with Crippen LogP contribution < -0.4 is 0 Å². The summed E-state index contributed by atoms with van der Waals surface area (Å²) in [5.41, 5.74) is 1.78. The van der Waals surface area contributed by atoms with E-state index in [2.05, 4.69) is 48.5 Å². The van der Waals surface area contributed by atoms with Gasteiger partial charge in [0.1, 0.15) is 11.2 Å². The van der Waals surface area contributed by atoms with Gasteiger partial charge in [0.15, 0.2) is 0 Å². The van der Waals surface area contributed by atoms with Crippen LogP contribution in [0.2, 0.25) is 5.02 Å². The Labute approximate surface area is 131 Å². The summed E-state index contributed by atoms with van der Waals surface area (Å²) in [7, 11) is 0. The Morgan fingerprint density at radius 1 is 0.636 bits per heavy atom. The molecule has 0 bridgehead atoms. The first-order valence-corrected chi connectivity index (χ1v) is 7.61. The molecule has 1 nitrogen and oxygen atoms in total. The van der Waals surface area contributed by atoms with Gasteiger partial charge in [0.25, 0.3) is 0 Å². The van der Waals surface area contributed by atoms with Gasteiger partial charge >= 0.3 is 0 Å². The predicted octanol–water partition coefficient (Wildman–Crippen LogP) is 6.55. The molecule has 0 saturated heterocycles. The fourth-order valence-corrected chi connectivity index (χ4v) is 3.51. The van der Waals surface area contributed by atoms with Crippen molar-refractivity contribution in [3.8, 4) is 0 Å². The first kappa shape index (κ1) is 12.1. The molecular formula is C20H11ClO. The molecule has 4 aromatic carbocycles. The molecular weight excluding hydrogens is 292 g/mol. The van der Waals surface area contributed by atoms with E-state index in [1.807, 2.05) is 18.2 Å². The number of rotatable bonds is 0. The second-order valence-corrected chi connectivity index (χ2v) is 6.00. The first-order valence-electron chi connectivity index (χ1n) is 7.23. The maximum Gasteiger partial charge on any atom is 0.136 e. The van der Waals surface area contributed by atoms with Crippen LogP contribution in [0.1, 0.15) is 0 Å². The molecule has 5 aromatic rings. The number of benzene rings is 4. The third kappa shape index (κ3) is 1.54. The number of hydrogen-bond acceptors (Lipinski definition) is 1. The van der Waals surface area contributed by atoms with Crippen molar-refractivity contribution in [2.24, 2.45) is 0 Å². The molecule has 1 heterocycles. The number of halogens is 1. The third-order valence-electron chi connectivity index (χ3n) is 4.32. The summed E-state index contributed by atoms with van der Waals surface area (Å²) in [6.45, 7) is 0. The molecule has 0 amide bonds. The van der Waals surface area contributed by atoms with Crippen molar-refractivity contribution in [1.29, 1.82) is 0 Å². The van der Waals surface area contributed by atoms with E-state index < -0.39 is 0 Å². The lowest BCUT2D eigenvalue weighted by Crippen LogP contribution is -1.78. The molecule has 1 aromatic heterocycles. The standard InChI is InChI=1S/C20H11ClO/c21-13-6-9-18-17(11-13)20-16-7-5-12-3-1-2-4-14(12)15(16)8-10-19(20)22-18/h1-11H. The Morgan fingerprint density at radius 2 is 1.45 bits per heavy atom. The van der Waals surface area contributed by atoms with Gasteiger partial charge in [-0.3, -0.25) is 0 Å². The van der Waals surface area contributed by atoms with E-state index in [4.69, 9.17) is 16.0 Å². The molecule has 0 fully saturated rings. The molecule has 2 heteroatoms. The van der Waals surface area contributed by atoms with Gasteiger partial charge in [-0.1, -0.05) is 54.1 Å². The lowest BCUT2D eigenvalue weighted by Gasteiger charge is -2.04. The minimum Gasteiger partial charge on any atom is -0.456 e. The van der Waals surface area contributed by atoms with Crippen molar-refractivity contribution in [3.05, 3.63) is 71.8 Å². The zero-order chi connectivity index (χ0) is 14.7. The maximum absolute atomic E-state index is 6.18. The molecule has 0 spiro atoms. The molecule has 0 atom stereocenters. The smallest absolute Gasteiger partial charge is 0.136 e. The van der Waals surface area contributed by atoms with E-state index in [9.17, 15) is 0 Å². The second-order valence-electron chi connectivity index (χ2n) is 5.56. The lowest BCUT2D eigenvalue weighted by atomic mass is 9.98. The Balaban J connectivity index is 2.09. The van der Waals surface area contributed by atoms with Gasteiger partial charge in [0, 0.05) is 15.8 Å². The van der Waals surface area contributed by atoms with E-state index >= 15 is 0 Å². The Bertz CT molecular complexity index is 1180. The maximum atomic E-state index is 6.18. The van der Waals surface area contributed by atoms with E-state index in [1.165, 1.54) is 21.5 Å². The summed E-state index contributed by atoms with van der Waals surface area (Å²) < 4.78 is 5.97. The third-order valence-corrected chi connectivity index (χ3v) is 4.55. The van der Waals surface area contributed by atoms with Gasteiger partial charge in [0.2, 0.25) is 0 Å². The zero-order valence-electron chi connectivity index (χ0n) is 11.6. The fourth-order valence-electron chi connectivity index (χ4n) is 3.34. The molecule has 104 valence electrons. The first-order chi connectivity index (χ1) is 10.8. The molecule has 0 N–H and O–H groups in total. The van der Waals surface area contributed by atoms with Crippen LogP contribution in [-0.4, -0.2) is 0 Å². The van der Waals surface area contributed by atoms with Crippen LogP contribution in [0.25, 0.3) is 43.5 Å². The zero-order valence-corrected chi connectivity index (χ0v) is 12.4. The average molecular weight is 303 g/mol. The monoisotopic (exact) mass is 302 g/mol. The molecule has 5 rings (SSSR count). The Hall–Kier alpha value is -2.51. The van der Waals surface area contributed by atoms with E-state index in [1.54, 1.807) is 0 Å². The van der Waals surface area contributed by atoms with Crippen LogP contribution in [0.5, 0.6) is 0 Å². The minimum atomic E-state index is 0.730. The van der Waals surface area contributed by atoms with Crippen molar-refractivity contribution < 1.29 is 4.42 Å². The minimum absolute atomic E-state index is 0.730. The predicted molar refractivity (Wildman–Crippen MR) is 93.7 cm³/mol. The summed E-state index contributed by atoms with van der Waals surface area (Å²) >= 11 is 6.18. The number of furan rings is 1. The van der Waals surface area contributed by atoms with Crippen molar-refractivity contribution in [3.63, 3.8) is 0 Å². The molecule has 0 unspecified atom stereocenters. The number of fused-ring (bicyclic) bond motifs is 7. The lowest BCUT2D eigenvalue weighted by molar-refractivity contribution is 0.669. The largest absolute Gasteiger partial charge is 0.456 e. The summed E-state index contributed by atoms with van der Waals surface area (Å²) in [4.78, 5) is 0. The van der Waals surface area contributed by atoms with Crippen molar-refractivity contribution in [1.82, 2.24) is 0 Å². The topological polar surface area (TPSA) is 13.1 Å². The fraction of sp³-hybridized carbons (Fsp3) is 0. The van der Waals surface area contributed by atoms with Gasteiger partial charge in [-0.2, -0.15) is 0 Å². The molecule has 22 heavy (non-hydrogen) atoms. The van der Waals surface area contributed by atoms with Crippen LogP contribution in [0.3, 0.4) is 0 Å². The number of hydrogen-bond donors (Lipinski definition) is 0. The van der Waals surface area contributed by atoms with Crippen molar-refractivity contribution in [2.75, 3.05) is 0 Å². The highest BCUT2D eigenvalue weighted by atomic mass is 35.5. The van der Waals surface area contributed by atoms with E-state index in [0.717, 1.165) is 27.0 Å². The second kappa shape index (κ2) is 4.25. The van der Waals surface area contributed by atoms with E-state index in [-0.39, 0.29) is 0 Å². The van der Waals surface area contributed by atoms with Crippen LogP contribution in [0.4, 0.5) is 0 Å². The summed E-state index contributed by atoms with van der Waals surface area (Å²) in [5, 5.41) is 7.90. The van der Waals surface area contributed by atoms with Gasteiger partial charge < -0.3 is 4.42 Å². The Morgan fingerprint density at radius 3 is 2.41 bits per heavy atom. The van der Waals surface area contributed by atoms with E-state index in [0.29, 0.717) is 0 Å². The summed E-state index contributed by atoms with van der Waals surface area (Å²) in [6.07, 6.45) is 0. The summed E-state index contributed by atoms with van der Waals surface area (Å²) in [6, 6.07) is 22.8. The van der Waals surface area contributed by atoms with Crippen molar-refractivity contribution >= 4 is 55.1 Å². The average Bonchev–Trinajstić information content (AvgIpc) is 2.92. The Kier molecular flexibility index (Phi) is 2.33. The van der Waals surface area contributed by atoms with Crippen LogP contribution in [0, 0.1) is 0 Å². The molecule has 0 saturated carbocycles. The molecule has 0 aliphatic heterocycles. The highest BCUT2D eigenvalue weighted by molar-refractivity contribution is 6.32. The molecule has 0 radical (unpaired) electrons. The van der Waals surface area contributed by atoms with Crippen LogP contribution in [0.15, 0.2) is 71.1 Å². The van der Waals surface area contributed by atoms with Gasteiger partial charge in [-0.25, -0.2) is 0 Å². The van der Waals surface area contributed by atoms with Gasteiger partial charge in [-0.15, -0.1) is 0 Å². The SMILES string of the molecule is Clc1ccc2oc3ccc4c5ccccc5ccc4c3c2c1.